The van der Waals surface area contributed by atoms with Gasteiger partial charge in [0, 0.05) is 12.0 Å². The highest BCUT2D eigenvalue weighted by atomic mass is 19.1. The maximum Gasteiger partial charge on any atom is 0.234 e. The zero-order valence-corrected chi connectivity index (χ0v) is 7.59. The highest BCUT2D eigenvalue weighted by Crippen LogP contribution is 2.26. The summed E-state index contributed by atoms with van der Waals surface area (Å²) in [5.41, 5.74) is -0.0710. The molecule has 1 atom stereocenters. The molecule has 2 amide bonds. The van der Waals surface area contributed by atoms with Crippen LogP contribution in [0.15, 0.2) is 18.2 Å². The number of carbonyl (C=O) groups is 2. The average Bonchev–Trinajstić information content (AvgIpc) is 2.50. The number of halogens is 2. The number of nitrogens with one attached hydrogen (secondary N) is 1. The van der Waals surface area contributed by atoms with Gasteiger partial charge in [0.05, 0.1) is 5.92 Å². The molecule has 5 heteroatoms. The lowest BCUT2D eigenvalue weighted by Gasteiger charge is -2.07. The third kappa shape index (κ3) is 1.72. The molecular formula is C10H7F2NO2. The van der Waals surface area contributed by atoms with Gasteiger partial charge in [0.2, 0.25) is 11.8 Å². The first-order valence-electron chi connectivity index (χ1n) is 4.36. The van der Waals surface area contributed by atoms with Crippen molar-refractivity contribution in [3.8, 4) is 0 Å². The van der Waals surface area contributed by atoms with Gasteiger partial charge in [-0.15, -0.1) is 0 Å². The van der Waals surface area contributed by atoms with E-state index in [0.717, 1.165) is 18.2 Å². The van der Waals surface area contributed by atoms with Crippen LogP contribution in [0.5, 0.6) is 0 Å². The first-order valence-corrected chi connectivity index (χ1v) is 4.36. The van der Waals surface area contributed by atoms with Gasteiger partial charge in [-0.3, -0.25) is 14.9 Å². The van der Waals surface area contributed by atoms with Crippen LogP contribution in [0.1, 0.15) is 17.9 Å². The molecule has 0 bridgehead atoms. The first kappa shape index (κ1) is 9.76. The van der Waals surface area contributed by atoms with Gasteiger partial charge >= 0.3 is 0 Å². The zero-order valence-electron chi connectivity index (χ0n) is 7.59. The molecule has 2 rings (SSSR count). The van der Waals surface area contributed by atoms with E-state index >= 15 is 0 Å². The minimum atomic E-state index is -0.909. The fraction of sp³-hybridized carbons (Fsp3) is 0.200. The van der Waals surface area contributed by atoms with E-state index < -0.39 is 29.4 Å². The van der Waals surface area contributed by atoms with E-state index in [2.05, 4.69) is 0 Å². The SMILES string of the molecule is O=C1CC(c2cc(F)ccc2F)C(=O)N1. The molecule has 1 aliphatic rings. The Morgan fingerprint density at radius 2 is 2.00 bits per heavy atom. The smallest absolute Gasteiger partial charge is 0.234 e. The normalized spacial score (nSPS) is 20.5. The van der Waals surface area contributed by atoms with Gasteiger partial charge < -0.3 is 0 Å². The quantitative estimate of drug-likeness (QED) is 0.707. The number of carbonyl (C=O) groups excluding carboxylic acids is 2. The average molecular weight is 211 g/mol. The molecule has 0 spiro atoms. The van der Waals surface area contributed by atoms with E-state index in [4.69, 9.17) is 0 Å². The Labute approximate surface area is 84.1 Å². The summed E-state index contributed by atoms with van der Waals surface area (Å²) in [6, 6.07) is 2.85. The zero-order chi connectivity index (χ0) is 11.0. The van der Waals surface area contributed by atoms with Crippen molar-refractivity contribution in [3.05, 3.63) is 35.4 Å². The minimum absolute atomic E-state index is 0.0710. The molecular weight excluding hydrogens is 204 g/mol. The Hall–Kier alpha value is -1.78. The van der Waals surface area contributed by atoms with Crippen LogP contribution in [-0.2, 0) is 9.59 Å². The Bertz CT molecular complexity index is 445. The molecule has 1 saturated heterocycles. The lowest BCUT2D eigenvalue weighted by Crippen LogP contribution is -2.21. The second-order valence-electron chi connectivity index (χ2n) is 3.33. The molecule has 1 aromatic rings. The predicted octanol–water partition coefficient (Wildman–Crippen LogP) is 1.09. The summed E-state index contributed by atoms with van der Waals surface area (Å²) in [4.78, 5) is 22.1. The summed E-state index contributed by atoms with van der Waals surface area (Å²) in [6.45, 7) is 0. The molecule has 1 fully saturated rings. The molecule has 0 aliphatic carbocycles. The fourth-order valence-corrected chi connectivity index (χ4v) is 1.59. The first-order chi connectivity index (χ1) is 7.08. The standard InChI is InChI=1S/C10H7F2NO2/c11-5-1-2-8(12)6(3-5)7-4-9(14)13-10(7)15/h1-3,7H,4H2,(H,13,14,15). The van der Waals surface area contributed by atoms with E-state index in [0.29, 0.717) is 0 Å². The molecule has 1 aromatic carbocycles. The monoisotopic (exact) mass is 211 g/mol. The van der Waals surface area contributed by atoms with Gasteiger partial charge in [-0.1, -0.05) is 0 Å². The molecule has 1 unspecified atom stereocenters. The Morgan fingerprint density at radius 3 is 2.60 bits per heavy atom. The lowest BCUT2D eigenvalue weighted by molar-refractivity contribution is -0.125. The van der Waals surface area contributed by atoms with Gasteiger partial charge in [0.15, 0.2) is 0 Å². The second-order valence-corrected chi connectivity index (χ2v) is 3.33. The van der Waals surface area contributed by atoms with Crippen molar-refractivity contribution < 1.29 is 18.4 Å². The van der Waals surface area contributed by atoms with E-state index in [1.165, 1.54) is 0 Å². The summed E-state index contributed by atoms with van der Waals surface area (Å²) in [7, 11) is 0. The molecule has 3 nitrogen and oxygen atoms in total. The summed E-state index contributed by atoms with van der Waals surface area (Å²) in [5.74, 6) is -3.25. The minimum Gasteiger partial charge on any atom is -0.296 e. The van der Waals surface area contributed by atoms with E-state index in [-0.39, 0.29) is 12.0 Å². The largest absolute Gasteiger partial charge is 0.296 e. The highest BCUT2D eigenvalue weighted by molar-refractivity contribution is 6.06. The molecule has 1 aliphatic heterocycles. The Morgan fingerprint density at radius 1 is 1.27 bits per heavy atom. The molecule has 78 valence electrons. The van der Waals surface area contributed by atoms with Crippen molar-refractivity contribution in [2.24, 2.45) is 0 Å². The van der Waals surface area contributed by atoms with Gasteiger partial charge in [-0.25, -0.2) is 8.78 Å². The van der Waals surface area contributed by atoms with Gasteiger partial charge in [-0.2, -0.15) is 0 Å². The van der Waals surface area contributed by atoms with Crippen LogP contribution < -0.4 is 5.32 Å². The maximum absolute atomic E-state index is 13.3. The molecule has 1 N–H and O–H groups in total. The van der Waals surface area contributed by atoms with Crippen LogP contribution in [0.3, 0.4) is 0 Å². The number of amides is 2. The highest BCUT2D eigenvalue weighted by Gasteiger charge is 2.33. The van der Waals surface area contributed by atoms with Crippen LogP contribution in [0.2, 0.25) is 0 Å². The molecule has 1 heterocycles. The number of hydrogen-bond acceptors (Lipinski definition) is 2. The number of imide groups is 1. The van der Waals surface area contributed by atoms with Crippen molar-refractivity contribution in [2.75, 3.05) is 0 Å². The third-order valence-corrected chi connectivity index (χ3v) is 2.30. The van der Waals surface area contributed by atoms with Crippen LogP contribution >= 0.6 is 0 Å². The second kappa shape index (κ2) is 3.42. The van der Waals surface area contributed by atoms with Crippen LogP contribution in [0.4, 0.5) is 8.78 Å². The Balaban J connectivity index is 2.41. The molecule has 0 aromatic heterocycles. The lowest BCUT2D eigenvalue weighted by atomic mass is 9.97. The summed E-state index contributed by atoms with van der Waals surface area (Å²) in [6.07, 6.45) is -0.126. The van der Waals surface area contributed by atoms with Crippen molar-refractivity contribution in [3.63, 3.8) is 0 Å². The van der Waals surface area contributed by atoms with Gasteiger partial charge in [0.1, 0.15) is 11.6 Å². The number of rotatable bonds is 1. The van der Waals surface area contributed by atoms with Crippen molar-refractivity contribution >= 4 is 11.8 Å². The number of hydrogen-bond donors (Lipinski definition) is 1. The summed E-state index contributed by atoms with van der Waals surface area (Å²) >= 11 is 0. The van der Waals surface area contributed by atoms with Crippen molar-refractivity contribution in [1.29, 1.82) is 0 Å². The van der Waals surface area contributed by atoms with Crippen molar-refractivity contribution in [1.82, 2.24) is 5.32 Å². The van der Waals surface area contributed by atoms with E-state index in [1.54, 1.807) is 0 Å². The van der Waals surface area contributed by atoms with Gasteiger partial charge in [-0.05, 0) is 18.2 Å². The summed E-state index contributed by atoms with van der Waals surface area (Å²) in [5, 5.41) is 2.05. The van der Waals surface area contributed by atoms with Crippen LogP contribution in [0.25, 0.3) is 0 Å². The van der Waals surface area contributed by atoms with E-state index in [9.17, 15) is 18.4 Å². The van der Waals surface area contributed by atoms with Crippen LogP contribution in [-0.4, -0.2) is 11.8 Å². The van der Waals surface area contributed by atoms with Crippen molar-refractivity contribution in [2.45, 2.75) is 12.3 Å². The molecule has 15 heavy (non-hydrogen) atoms. The Kier molecular flexibility index (Phi) is 2.22. The summed E-state index contributed by atoms with van der Waals surface area (Å²) < 4.78 is 26.1. The third-order valence-electron chi connectivity index (χ3n) is 2.30. The van der Waals surface area contributed by atoms with Gasteiger partial charge in [0.25, 0.3) is 0 Å². The maximum atomic E-state index is 13.3. The molecule has 0 saturated carbocycles. The fourth-order valence-electron chi connectivity index (χ4n) is 1.59. The predicted molar refractivity (Wildman–Crippen MR) is 46.9 cm³/mol. The number of benzene rings is 1. The topological polar surface area (TPSA) is 46.2 Å². The van der Waals surface area contributed by atoms with Crippen LogP contribution in [0, 0.1) is 11.6 Å². The van der Waals surface area contributed by atoms with E-state index in [1.807, 2.05) is 5.32 Å². The molecule has 0 radical (unpaired) electrons.